The Morgan fingerprint density at radius 2 is 1.72 bits per heavy atom. The number of hydrogen-bond acceptors (Lipinski definition) is 4. The monoisotopic (exact) mass is 340 g/mol. The van der Waals surface area contributed by atoms with Gasteiger partial charge in [0.05, 0.1) is 19.6 Å². The molecule has 0 radical (unpaired) electrons. The Morgan fingerprint density at radius 3 is 2.36 bits per heavy atom. The van der Waals surface area contributed by atoms with Gasteiger partial charge in [-0.15, -0.1) is 0 Å². The van der Waals surface area contributed by atoms with Crippen LogP contribution in [0.3, 0.4) is 0 Å². The van der Waals surface area contributed by atoms with Crippen molar-refractivity contribution >= 4 is 5.97 Å². The van der Waals surface area contributed by atoms with E-state index in [1.165, 1.54) is 7.11 Å². The number of ether oxygens (including phenoxy) is 3. The molecular weight excluding hydrogens is 316 g/mol. The summed E-state index contributed by atoms with van der Waals surface area (Å²) in [5.41, 5.74) is 2.90. The van der Waals surface area contributed by atoms with E-state index < -0.39 is 5.41 Å². The Balaban J connectivity index is 1.95. The highest BCUT2D eigenvalue weighted by Crippen LogP contribution is 2.38. The van der Waals surface area contributed by atoms with Gasteiger partial charge in [-0.25, -0.2) is 0 Å². The average Bonchev–Trinajstić information content (AvgIpc) is 2.68. The van der Waals surface area contributed by atoms with E-state index in [0.717, 1.165) is 22.4 Å². The van der Waals surface area contributed by atoms with E-state index in [4.69, 9.17) is 14.2 Å². The topological polar surface area (TPSA) is 44.8 Å². The fourth-order valence-electron chi connectivity index (χ4n) is 3.52. The predicted molar refractivity (Wildman–Crippen MR) is 96.6 cm³/mol. The van der Waals surface area contributed by atoms with Crippen molar-refractivity contribution in [2.45, 2.75) is 19.3 Å². The van der Waals surface area contributed by atoms with E-state index in [2.05, 4.69) is 12.1 Å². The Bertz CT molecular complexity index is 715. The fraction of sp³-hybridized carbons (Fsp3) is 0.381. The van der Waals surface area contributed by atoms with E-state index in [0.29, 0.717) is 32.5 Å². The summed E-state index contributed by atoms with van der Waals surface area (Å²) in [5.74, 6) is 0.692. The second-order valence-corrected chi connectivity index (χ2v) is 6.45. The van der Waals surface area contributed by atoms with Crippen LogP contribution in [0.2, 0.25) is 0 Å². The second kappa shape index (κ2) is 7.70. The minimum Gasteiger partial charge on any atom is -0.497 e. The first kappa shape index (κ1) is 17.5. The normalized spacial score (nSPS) is 16.2. The van der Waals surface area contributed by atoms with Gasteiger partial charge < -0.3 is 14.2 Å². The molecule has 0 N–H and O–H groups in total. The summed E-state index contributed by atoms with van der Waals surface area (Å²) in [4.78, 5) is 12.5. The van der Waals surface area contributed by atoms with Gasteiger partial charge in [0.1, 0.15) is 5.75 Å². The number of methoxy groups -OCH3 is 2. The predicted octanol–water partition coefficient (Wildman–Crippen LogP) is 3.87. The van der Waals surface area contributed by atoms with Gasteiger partial charge in [-0.05, 0) is 48.1 Å². The zero-order chi connectivity index (χ0) is 17.7. The molecule has 25 heavy (non-hydrogen) atoms. The molecule has 0 atom stereocenters. The van der Waals surface area contributed by atoms with Crippen molar-refractivity contribution in [1.82, 2.24) is 0 Å². The number of carbonyl (C=O) groups is 1. The molecule has 1 aliphatic heterocycles. The van der Waals surface area contributed by atoms with Crippen LogP contribution in [-0.4, -0.2) is 33.4 Å². The lowest BCUT2D eigenvalue weighted by Crippen LogP contribution is -2.40. The number of rotatable bonds is 5. The lowest BCUT2D eigenvalue weighted by Gasteiger charge is -2.35. The van der Waals surface area contributed by atoms with Crippen LogP contribution in [-0.2, 0) is 20.7 Å². The van der Waals surface area contributed by atoms with Crippen LogP contribution in [0.1, 0.15) is 18.4 Å². The lowest BCUT2D eigenvalue weighted by atomic mass is 9.74. The average molecular weight is 340 g/mol. The van der Waals surface area contributed by atoms with Gasteiger partial charge in [0.25, 0.3) is 0 Å². The molecule has 0 aliphatic carbocycles. The van der Waals surface area contributed by atoms with Crippen molar-refractivity contribution in [3.05, 3.63) is 54.1 Å². The first-order chi connectivity index (χ1) is 12.2. The molecule has 1 saturated heterocycles. The summed E-state index contributed by atoms with van der Waals surface area (Å²) in [7, 11) is 3.13. The van der Waals surface area contributed by atoms with Gasteiger partial charge in [0, 0.05) is 13.2 Å². The molecular formula is C21H24O4. The van der Waals surface area contributed by atoms with Gasteiger partial charge in [-0.1, -0.05) is 36.4 Å². The van der Waals surface area contributed by atoms with Gasteiger partial charge in [0.15, 0.2) is 0 Å². The largest absolute Gasteiger partial charge is 0.497 e. The van der Waals surface area contributed by atoms with E-state index >= 15 is 0 Å². The molecule has 4 nitrogen and oxygen atoms in total. The third kappa shape index (κ3) is 3.69. The molecule has 0 bridgehead atoms. The Hall–Kier alpha value is -2.33. The molecule has 132 valence electrons. The van der Waals surface area contributed by atoms with Crippen molar-refractivity contribution in [2.75, 3.05) is 27.4 Å². The molecule has 0 spiro atoms. The number of hydrogen-bond donors (Lipinski definition) is 0. The van der Waals surface area contributed by atoms with Crippen LogP contribution in [0, 0.1) is 5.41 Å². The van der Waals surface area contributed by atoms with Gasteiger partial charge in [-0.3, -0.25) is 4.79 Å². The highest BCUT2D eigenvalue weighted by atomic mass is 16.5. The van der Waals surface area contributed by atoms with E-state index in [1.54, 1.807) is 7.11 Å². The van der Waals surface area contributed by atoms with E-state index in [9.17, 15) is 4.79 Å². The summed E-state index contributed by atoms with van der Waals surface area (Å²) in [6, 6.07) is 16.2. The Morgan fingerprint density at radius 1 is 1.04 bits per heavy atom. The standard InChI is InChI=1S/C21H24O4/c1-23-18-9-7-16(8-10-18)19-6-4-3-5-17(19)15-21(20(22)24-2)11-13-25-14-12-21/h3-10H,11-15H2,1-2H3. The molecule has 3 rings (SSSR count). The van der Waals surface area contributed by atoms with Gasteiger partial charge >= 0.3 is 5.97 Å². The molecule has 0 saturated carbocycles. The number of benzene rings is 2. The van der Waals surface area contributed by atoms with Crippen molar-refractivity contribution < 1.29 is 19.0 Å². The molecule has 0 aromatic heterocycles. The first-order valence-corrected chi connectivity index (χ1v) is 8.57. The summed E-state index contributed by atoms with van der Waals surface area (Å²) in [6.07, 6.45) is 2.04. The minimum absolute atomic E-state index is 0.139. The second-order valence-electron chi connectivity index (χ2n) is 6.45. The van der Waals surface area contributed by atoms with E-state index in [1.807, 2.05) is 36.4 Å². The molecule has 4 heteroatoms. The Labute approximate surface area is 148 Å². The zero-order valence-corrected chi connectivity index (χ0v) is 14.8. The summed E-state index contributed by atoms with van der Waals surface area (Å²) in [6.45, 7) is 1.19. The molecule has 0 amide bonds. The zero-order valence-electron chi connectivity index (χ0n) is 14.8. The summed E-state index contributed by atoms with van der Waals surface area (Å²) in [5, 5.41) is 0. The fourth-order valence-corrected chi connectivity index (χ4v) is 3.52. The van der Waals surface area contributed by atoms with Gasteiger partial charge in [-0.2, -0.15) is 0 Å². The molecule has 2 aromatic rings. The lowest BCUT2D eigenvalue weighted by molar-refractivity contribution is -0.158. The summed E-state index contributed by atoms with van der Waals surface area (Å²) >= 11 is 0. The molecule has 1 fully saturated rings. The van der Waals surface area contributed by atoms with Crippen LogP contribution in [0.15, 0.2) is 48.5 Å². The highest BCUT2D eigenvalue weighted by Gasteiger charge is 2.41. The van der Waals surface area contributed by atoms with Crippen LogP contribution >= 0.6 is 0 Å². The van der Waals surface area contributed by atoms with Crippen LogP contribution in [0.25, 0.3) is 11.1 Å². The van der Waals surface area contributed by atoms with Crippen molar-refractivity contribution in [1.29, 1.82) is 0 Å². The maximum Gasteiger partial charge on any atom is 0.312 e. The quantitative estimate of drug-likeness (QED) is 0.775. The van der Waals surface area contributed by atoms with Crippen LogP contribution < -0.4 is 4.74 Å². The molecule has 2 aromatic carbocycles. The van der Waals surface area contributed by atoms with Gasteiger partial charge in [0.2, 0.25) is 0 Å². The molecule has 0 unspecified atom stereocenters. The SMILES string of the molecule is COC(=O)C1(Cc2ccccc2-c2ccc(OC)cc2)CCOCC1. The number of carbonyl (C=O) groups excluding carboxylic acids is 1. The Kier molecular flexibility index (Phi) is 5.39. The van der Waals surface area contributed by atoms with Crippen molar-refractivity contribution in [3.8, 4) is 16.9 Å². The number of esters is 1. The minimum atomic E-state index is -0.504. The molecule has 1 heterocycles. The highest BCUT2D eigenvalue weighted by molar-refractivity contribution is 5.78. The van der Waals surface area contributed by atoms with E-state index in [-0.39, 0.29) is 5.97 Å². The van der Waals surface area contributed by atoms with Crippen molar-refractivity contribution in [2.24, 2.45) is 5.41 Å². The van der Waals surface area contributed by atoms with Crippen molar-refractivity contribution in [3.63, 3.8) is 0 Å². The maximum absolute atomic E-state index is 12.5. The first-order valence-electron chi connectivity index (χ1n) is 8.57. The third-order valence-electron chi connectivity index (χ3n) is 5.02. The maximum atomic E-state index is 12.5. The smallest absolute Gasteiger partial charge is 0.312 e. The van der Waals surface area contributed by atoms with Crippen LogP contribution in [0.5, 0.6) is 5.75 Å². The third-order valence-corrected chi connectivity index (χ3v) is 5.02. The molecule has 1 aliphatic rings. The summed E-state index contributed by atoms with van der Waals surface area (Å²) < 4.78 is 15.8. The van der Waals surface area contributed by atoms with Crippen LogP contribution in [0.4, 0.5) is 0 Å².